The lowest BCUT2D eigenvalue weighted by Gasteiger charge is -2.21. The molecule has 110 heavy (non-hydrogen) atoms. The third-order valence-electron chi connectivity index (χ3n) is 15.9. The van der Waals surface area contributed by atoms with E-state index in [1.807, 2.05) is 18.2 Å². The lowest BCUT2D eigenvalue weighted by Crippen LogP contribution is -2.30. The van der Waals surface area contributed by atoms with E-state index >= 15 is 0 Å². The monoisotopic (exact) mass is 1570 g/mol. The normalized spacial score (nSPS) is 14.9. The van der Waals surface area contributed by atoms with Gasteiger partial charge in [0, 0.05) is 25.7 Å². The fourth-order valence-electron chi connectivity index (χ4n) is 9.86. The van der Waals surface area contributed by atoms with Crippen molar-refractivity contribution < 1.29 is 80.2 Å². The molecule has 0 fully saturated rings. The van der Waals surface area contributed by atoms with Crippen molar-refractivity contribution in [3.63, 3.8) is 0 Å². The van der Waals surface area contributed by atoms with Gasteiger partial charge in [-0.3, -0.25) is 37.3 Å². The van der Waals surface area contributed by atoms with E-state index in [1.54, 1.807) is 0 Å². The zero-order valence-corrected chi connectivity index (χ0v) is 69.4. The van der Waals surface area contributed by atoms with E-state index in [4.69, 9.17) is 37.0 Å². The van der Waals surface area contributed by atoms with Gasteiger partial charge < -0.3 is 33.8 Å². The minimum Gasteiger partial charge on any atom is -0.462 e. The fraction of sp³-hybridized carbons (Fsp3) is 0.560. The van der Waals surface area contributed by atoms with Gasteiger partial charge in [-0.05, 0) is 180 Å². The molecule has 0 aromatic carbocycles. The molecule has 0 aromatic rings. The van der Waals surface area contributed by atoms with E-state index in [-0.39, 0.29) is 25.7 Å². The molecule has 5 atom stereocenters. The molecule has 5 unspecified atom stereocenters. The Morgan fingerprint density at radius 2 is 0.464 bits per heavy atom. The molecule has 3 N–H and O–H groups in total. The minimum atomic E-state index is -5.02. The molecule has 0 rings (SSSR count). The van der Waals surface area contributed by atoms with Gasteiger partial charge in [0.15, 0.2) is 12.2 Å². The number of unbranched alkanes of at least 4 members (excludes halogenated alkanes) is 12. The van der Waals surface area contributed by atoms with Crippen LogP contribution in [0.2, 0.25) is 0 Å². The number of esters is 4. The number of phosphoric acid groups is 2. The second-order valence-electron chi connectivity index (χ2n) is 26.2. The Bertz CT molecular complexity index is 2950. The second-order valence-corrected chi connectivity index (χ2v) is 29.1. The van der Waals surface area contributed by atoms with Gasteiger partial charge >= 0.3 is 39.5 Å². The summed E-state index contributed by atoms with van der Waals surface area (Å²) in [6.07, 6.45) is 102. The van der Waals surface area contributed by atoms with Crippen LogP contribution in [-0.2, 0) is 65.4 Å². The summed E-state index contributed by atoms with van der Waals surface area (Å²) in [5.41, 5.74) is 0. The average molecular weight is 1570 g/mol. The van der Waals surface area contributed by atoms with Gasteiger partial charge in [-0.2, -0.15) is 0 Å². The van der Waals surface area contributed by atoms with Crippen LogP contribution in [0.3, 0.4) is 0 Å². The first-order valence-corrected chi connectivity index (χ1v) is 44.0. The summed E-state index contributed by atoms with van der Waals surface area (Å²) < 4.78 is 68.6. The maximum Gasteiger partial charge on any atom is 0.472 e. The van der Waals surface area contributed by atoms with Gasteiger partial charge in [-0.15, -0.1) is 0 Å². The molecular weight excluding hydrogens is 1430 g/mol. The lowest BCUT2D eigenvalue weighted by molar-refractivity contribution is -0.161. The van der Waals surface area contributed by atoms with Gasteiger partial charge in [0.05, 0.1) is 26.4 Å². The molecule has 0 bridgehead atoms. The quantitative estimate of drug-likeness (QED) is 0.0169. The smallest absolute Gasteiger partial charge is 0.462 e. The Morgan fingerprint density at radius 1 is 0.255 bits per heavy atom. The van der Waals surface area contributed by atoms with Crippen molar-refractivity contribution in [1.82, 2.24) is 0 Å². The third kappa shape index (κ3) is 79.5. The molecule has 0 heterocycles. The van der Waals surface area contributed by atoms with Gasteiger partial charge in [0.2, 0.25) is 0 Å². The maximum absolute atomic E-state index is 13.1. The summed E-state index contributed by atoms with van der Waals surface area (Å²) in [5, 5.41) is 10.7. The van der Waals surface area contributed by atoms with Crippen molar-refractivity contribution in [2.75, 3.05) is 39.6 Å². The van der Waals surface area contributed by atoms with Crippen molar-refractivity contribution in [1.29, 1.82) is 0 Å². The van der Waals surface area contributed by atoms with Crippen LogP contribution in [0.15, 0.2) is 219 Å². The van der Waals surface area contributed by atoms with Crippen LogP contribution in [0.4, 0.5) is 0 Å². The highest BCUT2D eigenvalue weighted by Crippen LogP contribution is 2.45. The third-order valence-corrected chi connectivity index (χ3v) is 17.8. The van der Waals surface area contributed by atoms with Gasteiger partial charge in [-0.1, -0.05) is 285 Å². The van der Waals surface area contributed by atoms with E-state index in [0.717, 1.165) is 180 Å². The molecule has 0 aromatic heterocycles. The first kappa shape index (κ1) is 103. The zero-order chi connectivity index (χ0) is 80.3. The van der Waals surface area contributed by atoms with Crippen molar-refractivity contribution in [2.45, 2.75) is 290 Å². The van der Waals surface area contributed by atoms with Crippen molar-refractivity contribution in [3.05, 3.63) is 219 Å². The van der Waals surface area contributed by atoms with E-state index in [1.165, 1.54) is 0 Å². The Hall–Kier alpha value is -6.62. The highest BCUT2D eigenvalue weighted by atomic mass is 31.2. The van der Waals surface area contributed by atoms with Crippen LogP contribution >= 0.6 is 15.6 Å². The molecule has 0 saturated carbocycles. The number of aliphatic hydroxyl groups excluding tert-OH is 1. The maximum atomic E-state index is 13.1. The predicted octanol–water partition coefficient (Wildman–Crippen LogP) is 24.4. The zero-order valence-electron chi connectivity index (χ0n) is 67.6. The number of aliphatic hydroxyl groups is 1. The summed E-state index contributed by atoms with van der Waals surface area (Å²) >= 11 is 0. The van der Waals surface area contributed by atoms with Crippen molar-refractivity contribution in [3.8, 4) is 0 Å². The number of hydrogen-bond acceptors (Lipinski definition) is 15. The summed E-state index contributed by atoms with van der Waals surface area (Å²) in [7, 11) is -10.0. The second kappa shape index (κ2) is 80.4. The Kier molecular flexibility index (Phi) is 75.6. The number of rotatable bonds is 74. The highest BCUT2D eigenvalue weighted by Gasteiger charge is 2.30. The molecule has 0 aliphatic rings. The average Bonchev–Trinajstić information content (AvgIpc) is 0.900. The number of allylic oxidation sites excluding steroid dienone is 36. The van der Waals surface area contributed by atoms with Gasteiger partial charge in [0.1, 0.15) is 19.3 Å². The predicted molar refractivity (Wildman–Crippen MR) is 454 cm³/mol. The van der Waals surface area contributed by atoms with E-state index in [9.17, 15) is 43.2 Å². The Balaban J connectivity index is 5.54. The van der Waals surface area contributed by atoms with Crippen LogP contribution in [0, 0.1) is 0 Å². The van der Waals surface area contributed by atoms with Crippen LogP contribution < -0.4 is 0 Å². The SMILES string of the molecule is CC/C=C\C/C=C\C/C=C\C/C=C\C/C=C\C/C=C\CCC(=O)OCC(COP(=O)(O)OCC(O)COP(=O)(O)OCC(COC(=O)CCCCCC/C=C\C/C=C\C/C=C\C/C=C\CC)OC(=O)CCCC/C=C\C/C=C\C/C=C\C/C=C\CC)OC(=O)CCCCCCCC/C=C\C/C=C\C/C=C\C/C=C\CC. The summed E-state index contributed by atoms with van der Waals surface area (Å²) in [4.78, 5) is 73.1. The van der Waals surface area contributed by atoms with Crippen LogP contribution in [-0.4, -0.2) is 96.7 Å². The summed E-state index contributed by atoms with van der Waals surface area (Å²) in [5.74, 6) is -2.39. The number of ether oxygens (including phenoxy) is 4. The molecule has 0 aliphatic heterocycles. The molecule has 0 radical (unpaired) electrons. The largest absolute Gasteiger partial charge is 0.472 e. The Labute approximate surface area is 664 Å². The van der Waals surface area contributed by atoms with Crippen LogP contribution in [0.5, 0.6) is 0 Å². The van der Waals surface area contributed by atoms with E-state index in [0.29, 0.717) is 38.5 Å². The number of phosphoric ester groups is 2. The van der Waals surface area contributed by atoms with Crippen LogP contribution in [0.25, 0.3) is 0 Å². The first-order chi connectivity index (χ1) is 53.7. The number of hydrogen-bond donors (Lipinski definition) is 3. The molecule has 0 aliphatic carbocycles. The standard InChI is InChI=1S/C91H142O17P2/c1-5-9-13-17-21-25-29-33-37-40-42-45-49-52-56-60-64-68-72-76-89(94)102-82-87(108-91(96)78-74-70-66-62-58-54-50-46-43-41-38-34-30-26-22-18-14-10-6-2)84-106-110(99,100)104-80-85(92)79-103-109(97,98)105-83-86(107-90(95)77-73-69-65-61-57-53-47-36-32-28-24-20-16-12-8-4)81-101-88(93)75-71-67-63-59-55-51-48-44-39-35-31-27-23-19-15-11-7-3/h9-16,21-28,33-39,42-43,45-48,51-52,56-57,61,64,68,85-87,92H,5-8,17-20,29-32,40-41,44,49-50,53-55,58-60,62-63,65-67,69-84H2,1-4H3,(H,97,98)(H,99,100)/b13-9-,14-10-,15-11-,16-12-,25-21-,26-22-,27-23-,28-24-,37-33-,38-34-,39-35-,45-42-,46-43-,47-36-,51-48-,56-52-,61-57-,68-64-. The van der Waals surface area contributed by atoms with Gasteiger partial charge in [-0.25, -0.2) is 9.13 Å². The topological polar surface area (TPSA) is 237 Å². The van der Waals surface area contributed by atoms with Crippen molar-refractivity contribution >= 4 is 39.5 Å². The Morgan fingerprint density at radius 3 is 0.755 bits per heavy atom. The fourth-order valence-corrected chi connectivity index (χ4v) is 11.4. The number of carbonyl (C=O) groups is 4. The van der Waals surface area contributed by atoms with E-state index < -0.39 is 97.5 Å². The molecule has 17 nitrogen and oxygen atoms in total. The van der Waals surface area contributed by atoms with Crippen molar-refractivity contribution in [2.24, 2.45) is 0 Å². The molecule has 618 valence electrons. The number of carbonyl (C=O) groups excluding carboxylic acids is 4. The lowest BCUT2D eigenvalue weighted by atomic mass is 10.1. The van der Waals surface area contributed by atoms with Gasteiger partial charge in [0.25, 0.3) is 0 Å². The molecule has 0 amide bonds. The first-order valence-electron chi connectivity index (χ1n) is 41.0. The minimum absolute atomic E-state index is 0.0220. The molecule has 0 saturated heterocycles. The van der Waals surface area contributed by atoms with Crippen LogP contribution in [0.1, 0.15) is 272 Å². The molecule has 19 heteroatoms. The molecular formula is C91H142O17P2. The van der Waals surface area contributed by atoms with E-state index in [2.05, 4.69) is 228 Å². The highest BCUT2D eigenvalue weighted by molar-refractivity contribution is 7.47. The summed E-state index contributed by atoms with van der Waals surface area (Å²) in [6.45, 7) is 4.21. The molecule has 0 spiro atoms. The summed E-state index contributed by atoms with van der Waals surface area (Å²) in [6, 6.07) is 0.